The van der Waals surface area contributed by atoms with Gasteiger partial charge < -0.3 is 0 Å². The van der Waals surface area contributed by atoms with Gasteiger partial charge in [0.15, 0.2) is 0 Å². The zero-order valence-electron chi connectivity index (χ0n) is 9.86. The Morgan fingerprint density at radius 3 is 2.71 bits per heavy atom. The van der Waals surface area contributed by atoms with Crippen LogP contribution in [-0.2, 0) is 11.2 Å². The Hall–Kier alpha value is -2.07. The fourth-order valence-electron chi connectivity index (χ4n) is 1.96. The van der Waals surface area contributed by atoms with Gasteiger partial charge >= 0.3 is 0 Å². The van der Waals surface area contributed by atoms with Gasteiger partial charge in [0.25, 0.3) is 0 Å². The highest BCUT2D eigenvalue weighted by atomic mass is 16.1. The van der Waals surface area contributed by atoms with Crippen molar-refractivity contribution < 1.29 is 4.79 Å². The van der Waals surface area contributed by atoms with Gasteiger partial charge in [-0.1, -0.05) is 48.4 Å². The summed E-state index contributed by atoms with van der Waals surface area (Å²) in [6, 6.07) is 14.4. The summed E-state index contributed by atoms with van der Waals surface area (Å²) in [5.74, 6) is 5.23. The second-order valence-electron chi connectivity index (χ2n) is 3.94. The van der Waals surface area contributed by atoms with Crippen molar-refractivity contribution in [1.82, 2.24) is 0 Å². The van der Waals surface area contributed by atoms with Crippen LogP contribution in [0.1, 0.15) is 18.9 Å². The Morgan fingerprint density at radius 1 is 1.12 bits per heavy atom. The topological polar surface area (TPSA) is 17.1 Å². The largest absolute Gasteiger partial charge is 0.285 e. The summed E-state index contributed by atoms with van der Waals surface area (Å²) in [7, 11) is 0. The highest BCUT2D eigenvalue weighted by Gasteiger charge is 2.02. The smallest absolute Gasteiger partial charge is 0.205 e. The number of Topliss-reactive ketones (excluding diaryl/α,β-unsaturated/α-hetero) is 1. The Kier molecular flexibility index (Phi) is 3.57. The highest BCUT2D eigenvalue weighted by Crippen LogP contribution is 2.19. The predicted molar refractivity (Wildman–Crippen MR) is 70.7 cm³/mol. The first-order valence-electron chi connectivity index (χ1n) is 5.73. The highest BCUT2D eigenvalue weighted by molar-refractivity contribution is 5.96. The summed E-state index contributed by atoms with van der Waals surface area (Å²) < 4.78 is 0. The fraction of sp³-hybridized carbons (Fsp3) is 0.188. The molecule has 1 nitrogen and oxygen atoms in total. The SMILES string of the molecule is CC#CC(=O)CCc1cccc2ccccc12. The van der Waals surface area contributed by atoms with Crippen molar-refractivity contribution in [3.8, 4) is 11.8 Å². The fourth-order valence-corrected chi connectivity index (χ4v) is 1.96. The Balaban J connectivity index is 2.23. The van der Waals surface area contributed by atoms with Crippen LogP contribution in [0.4, 0.5) is 0 Å². The van der Waals surface area contributed by atoms with E-state index in [-0.39, 0.29) is 5.78 Å². The zero-order valence-corrected chi connectivity index (χ0v) is 9.86. The molecule has 0 radical (unpaired) electrons. The van der Waals surface area contributed by atoms with Gasteiger partial charge in [0.05, 0.1) is 0 Å². The van der Waals surface area contributed by atoms with Gasteiger partial charge in [0.2, 0.25) is 5.78 Å². The van der Waals surface area contributed by atoms with E-state index in [0.29, 0.717) is 6.42 Å². The lowest BCUT2D eigenvalue weighted by atomic mass is 10.00. The number of carbonyl (C=O) groups is 1. The van der Waals surface area contributed by atoms with Crippen LogP contribution in [0.15, 0.2) is 42.5 Å². The molecule has 0 unspecified atom stereocenters. The number of hydrogen-bond donors (Lipinski definition) is 0. The third-order valence-corrected chi connectivity index (χ3v) is 2.77. The molecular weight excluding hydrogens is 208 g/mol. The molecule has 17 heavy (non-hydrogen) atoms. The first-order valence-corrected chi connectivity index (χ1v) is 5.73. The quantitative estimate of drug-likeness (QED) is 0.575. The van der Waals surface area contributed by atoms with Crippen LogP contribution in [0.5, 0.6) is 0 Å². The summed E-state index contributed by atoms with van der Waals surface area (Å²) in [5.41, 5.74) is 1.22. The molecule has 0 aliphatic carbocycles. The van der Waals surface area contributed by atoms with E-state index in [1.54, 1.807) is 6.92 Å². The van der Waals surface area contributed by atoms with Gasteiger partial charge in [0.1, 0.15) is 0 Å². The van der Waals surface area contributed by atoms with Gasteiger partial charge in [-0.2, -0.15) is 0 Å². The molecule has 0 amide bonds. The Bertz CT molecular complexity index is 594. The maximum Gasteiger partial charge on any atom is 0.205 e. The summed E-state index contributed by atoms with van der Waals surface area (Å²) in [4.78, 5) is 11.4. The molecule has 84 valence electrons. The van der Waals surface area contributed by atoms with E-state index in [1.165, 1.54) is 16.3 Å². The van der Waals surface area contributed by atoms with E-state index in [2.05, 4.69) is 36.1 Å². The third kappa shape index (κ3) is 2.73. The van der Waals surface area contributed by atoms with Crippen molar-refractivity contribution in [2.24, 2.45) is 0 Å². The summed E-state index contributed by atoms with van der Waals surface area (Å²) >= 11 is 0. The first kappa shape index (κ1) is 11.4. The molecule has 2 rings (SSSR count). The number of ketones is 1. The van der Waals surface area contributed by atoms with Gasteiger partial charge in [0, 0.05) is 6.42 Å². The van der Waals surface area contributed by atoms with Crippen LogP contribution >= 0.6 is 0 Å². The maximum atomic E-state index is 11.4. The minimum atomic E-state index is 0.0143. The monoisotopic (exact) mass is 222 g/mol. The van der Waals surface area contributed by atoms with Gasteiger partial charge in [-0.3, -0.25) is 4.79 Å². The lowest BCUT2D eigenvalue weighted by molar-refractivity contribution is -0.113. The molecule has 2 aromatic carbocycles. The number of benzene rings is 2. The zero-order chi connectivity index (χ0) is 12.1. The third-order valence-electron chi connectivity index (χ3n) is 2.77. The van der Waals surface area contributed by atoms with Crippen molar-refractivity contribution >= 4 is 16.6 Å². The normalized spacial score (nSPS) is 9.71. The minimum absolute atomic E-state index is 0.0143. The molecule has 0 heterocycles. The number of carbonyl (C=O) groups excluding carboxylic acids is 1. The maximum absolute atomic E-state index is 11.4. The lowest BCUT2D eigenvalue weighted by Gasteiger charge is -2.04. The number of fused-ring (bicyclic) bond motifs is 1. The standard InChI is InChI=1S/C16H14O/c1-2-6-15(17)12-11-14-9-5-8-13-7-3-4-10-16(13)14/h3-5,7-10H,11-12H2,1H3. The van der Waals surface area contributed by atoms with Crippen LogP contribution in [0, 0.1) is 11.8 Å². The number of aryl methyl sites for hydroxylation is 1. The van der Waals surface area contributed by atoms with Gasteiger partial charge in [-0.25, -0.2) is 0 Å². The molecule has 0 N–H and O–H groups in total. The lowest BCUT2D eigenvalue weighted by Crippen LogP contribution is -1.97. The molecule has 0 aromatic heterocycles. The second kappa shape index (κ2) is 5.32. The molecule has 0 spiro atoms. The van der Waals surface area contributed by atoms with E-state index in [9.17, 15) is 4.79 Å². The van der Waals surface area contributed by atoms with Crippen LogP contribution in [0.25, 0.3) is 10.8 Å². The van der Waals surface area contributed by atoms with Crippen LogP contribution in [0.2, 0.25) is 0 Å². The Morgan fingerprint density at radius 2 is 1.88 bits per heavy atom. The van der Waals surface area contributed by atoms with Crippen molar-refractivity contribution in [1.29, 1.82) is 0 Å². The van der Waals surface area contributed by atoms with Gasteiger partial charge in [-0.05, 0) is 35.6 Å². The van der Waals surface area contributed by atoms with Crippen LogP contribution in [0.3, 0.4) is 0 Å². The van der Waals surface area contributed by atoms with Crippen molar-refractivity contribution in [2.75, 3.05) is 0 Å². The van der Waals surface area contributed by atoms with E-state index in [0.717, 1.165) is 6.42 Å². The molecule has 0 saturated carbocycles. The summed E-state index contributed by atoms with van der Waals surface area (Å²) in [5, 5.41) is 2.45. The summed E-state index contributed by atoms with van der Waals surface area (Å²) in [6.07, 6.45) is 1.25. The molecule has 2 aromatic rings. The van der Waals surface area contributed by atoms with E-state index in [4.69, 9.17) is 0 Å². The molecule has 0 saturated heterocycles. The van der Waals surface area contributed by atoms with Crippen molar-refractivity contribution in [3.05, 3.63) is 48.0 Å². The minimum Gasteiger partial charge on any atom is -0.285 e. The van der Waals surface area contributed by atoms with E-state index >= 15 is 0 Å². The molecule has 0 bridgehead atoms. The van der Waals surface area contributed by atoms with Crippen LogP contribution < -0.4 is 0 Å². The molecular formula is C16H14O. The summed E-state index contributed by atoms with van der Waals surface area (Å²) in [6.45, 7) is 1.69. The average Bonchev–Trinajstić information content (AvgIpc) is 2.36. The first-order chi connectivity index (χ1) is 8.31. The van der Waals surface area contributed by atoms with Crippen molar-refractivity contribution in [2.45, 2.75) is 19.8 Å². The predicted octanol–water partition coefficient (Wildman–Crippen LogP) is 3.36. The molecule has 0 aliphatic rings. The van der Waals surface area contributed by atoms with Crippen LogP contribution in [-0.4, -0.2) is 5.78 Å². The number of rotatable bonds is 3. The molecule has 0 atom stereocenters. The Labute approximate surface area is 101 Å². The van der Waals surface area contributed by atoms with E-state index < -0.39 is 0 Å². The molecule has 1 heteroatoms. The molecule has 0 aliphatic heterocycles. The second-order valence-corrected chi connectivity index (χ2v) is 3.94. The average molecular weight is 222 g/mol. The van der Waals surface area contributed by atoms with Crippen molar-refractivity contribution in [3.63, 3.8) is 0 Å². The molecule has 0 fully saturated rings. The number of hydrogen-bond acceptors (Lipinski definition) is 1. The van der Waals surface area contributed by atoms with E-state index in [1.807, 2.05) is 18.2 Å². The van der Waals surface area contributed by atoms with Gasteiger partial charge in [-0.15, -0.1) is 0 Å².